The minimum atomic E-state index is -5.48. The second-order valence-electron chi connectivity index (χ2n) is 16.8. The second kappa shape index (κ2) is 37.6. The van der Waals surface area contributed by atoms with Crippen molar-refractivity contribution in [3.8, 4) is 0 Å². The van der Waals surface area contributed by atoms with Crippen LogP contribution in [0.25, 0.3) is 0 Å². The first-order valence-corrected chi connectivity index (χ1v) is 27.7. The fourth-order valence-electron chi connectivity index (χ4n) is 6.71. The number of rotatable bonds is 39. The number of nitrogen functional groups attached to an aromatic ring is 1. The summed E-state index contributed by atoms with van der Waals surface area (Å²) in [6.07, 6.45) is 35.7. The normalized spacial score (nSPS) is 20.3. The number of carbonyl (C=O) groups excluding carboxylic acids is 2. The zero-order chi connectivity index (χ0) is 52.2. The molecule has 1 aromatic heterocycles. The summed E-state index contributed by atoms with van der Waals surface area (Å²) in [4.78, 5) is 61.8. The van der Waals surface area contributed by atoms with Crippen molar-refractivity contribution in [2.45, 2.75) is 173 Å². The third-order valence-electron chi connectivity index (χ3n) is 10.6. The average molecular weight is 1040 g/mol. The van der Waals surface area contributed by atoms with Gasteiger partial charge >= 0.3 is 33.3 Å². The van der Waals surface area contributed by atoms with Gasteiger partial charge in [0, 0.05) is 19.0 Å². The predicted molar refractivity (Wildman–Crippen MR) is 271 cm³/mol. The summed E-state index contributed by atoms with van der Waals surface area (Å²) >= 11 is 0. The molecule has 0 bridgehead atoms. The number of hydrogen-bond donors (Lipinski definition) is 6. The van der Waals surface area contributed by atoms with Gasteiger partial charge in [0.05, 0.1) is 19.3 Å². The molecular formula is C50H79N3O16P2. The van der Waals surface area contributed by atoms with Crippen molar-refractivity contribution in [1.82, 2.24) is 9.55 Å². The summed E-state index contributed by atoms with van der Waals surface area (Å²) in [7, 11) is -10.9. The van der Waals surface area contributed by atoms with Gasteiger partial charge < -0.3 is 45.1 Å². The molecule has 7 N–H and O–H groups in total. The first-order valence-electron chi connectivity index (χ1n) is 24.7. The summed E-state index contributed by atoms with van der Waals surface area (Å²) in [5.41, 5.74) is 4.56. The highest BCUT2D eigenvalue weighted by atomic mass is 31.3. The van der Waals surface area contributed by atoms with Crippen molar-refractivity contribution in [2.75, 3.05) is 25.6 Å². The Morgan fingerprint density at radius 3 is 1.99 bits per heavy atom. The highest BCUT2D eigenvalue weighted by Crippen LogP contribution is 2.60. The van der Waals surface area contributed by atoms with Gasteiger partial charge in [0.25, 0.3) is 0 Å². The SMILES string of the molecule is CC/C=C\C/C=C\C/C=C\C/C=C\C/C=C\C=C/C(O)CCC(=O)OC[C@H](COP(=O)(O)OP(=O)(O)OC[C@H]1O[C@@H](n2ccc(N)nc2=O)[C@H](O)[C@@H]1O)OC(=O)CCCCCCC/C=C\CCCCCC. The predicted octanol–water partition coefficient (Wildman–Crippen LogP) is 8.86. The average Bonchev–Trinajstić information content (AvgIpc) is 3.60. The molecule has 8 atom stereocenters. The van der Waals surface area contributed by atoms with Crippen LogP contribution < -0.4 is 11.4 Å². The number of ether oxygens (including phenoxy) is 3. The number of nitrogens with zero attached hydrogens (tertiary/aromatic N) is 2. The lowest BCUT2D eigenvalue weighted by molar-refractivity contribution is -0.161. The Kier molecular flexibility index (Phi) is 33.4. The molecule has 1 saturated heterocycles. The van der Waals surface area contributed by atoms with Crippen LogP contribution in [0.15, 0.2) is 102 Å². The molecule has 0 amide bonds. The molecule has 400 valence electrons. The van der Waals surface area contributed by atoms with E-state index in [1.807, 2.05) is 12.2 Å². The molecule has 21 heteroatoms. The Morgan fingerprint density at radius 1 is 0.761 bits per heavy atom. The molecule has 1 fully saturated rings. The van der Waals surface area contributed by atoms with Gasteiger partial charge in [-0.25, -0.2) is 13.9 Å². The van der Waals surface area contributed by atoms with Crippen LogP contribution in [0.4, 0.5) is 5.82 Å². The number of unbranched alkanes of at least 4 members (excludes halogenated alkanes) is 9. The Labute approximate surface area is 419 Å². The number of hydrogen-bond acceptors (Lipinski definition) is 16. The second-order valence-corrected chi connectivity index (χ2v) is 19.8. The zero-order valence-corrected chi connectivity index (χ0v) is 43.1. The van der Waals surface area contributed by atoms with Crippen LogP contribution in [0.3, 0.4) is 0 Å². The maximum Gasteiger partial charge on any atom is 0.481 e. The molecule has 0 aliphatic carbocycles. The van der Waals surface area contributed by atoms with Crippen molar-refractivity contribution >= 4 is 33.4 Å². The number of phosphoric acid groups is 2. The number of phosphoric ester groups is 2. The summed E-state index contributed by atoms with van der Waals surface area (Å²) in [5, 5.41) is 31.3. The fraction of sp³-hybridized carbons (Fsp3) is 0.600. The first kappa shape index (κ1) is 63.0. The van der Waals surface area contributed by atoms with Gasteiger partial charge in [0.1, 0.15) is 30.7 Å². The highest BCUT2D eigenvalue weighted by molar-refractivity contribution is 7.61. The first-order chi connectivity index (χ1) is 34.1. The maximum absolute atomic E-state index is 12.8. The van der Waals surface area contributed by atoms with Gasteiger partial charge in [0.2, 0.25) is 0 Å². The van der Waals surface area contributed by atoms with Crippen LogP contribution in [0, 0.1) is 0 Å². The molecule has 3 unspecified atom stereocenters. The third kappa shape index (κ3) is 30.5. The van der Waals surface area contributed by atoms with Crippen molar-refractivity contribution in [3.05, 3.63) is 108 Å². The number of anilines is 1. The highest BCUT2D eigenvalue weighted by Gasteiger charge is 2.46. The Bertz CT molecular complexity index is 2040. The van der Waals surface area contributed by atoms with Gasteiger partial charge in [-0.3, -0.25) is 23.2 Å². The van der Waals surface area contributed by atoms with Crippen LogP contribution in [-0.2, 0) is 46.3 Å². The molecule has 1 aliphatic heterocycles. The van der Waals surface area contributed by atoms with E-state index in [1.165, 1.54) is 37.8 Å². The molecule has 1 aromatic rings. The van der Waals surface area contributed by atoms with Crippen LogP contribution in [-0.4, -0.2) is 96.9 Å². The summed E-state index contributed by atoms with van der Waals surface area (Å²) < 4.78 is 56.5. The topological polar surface area (TPSA) is 286 Å². The number of aliphatic hydroxyl groups is 3. The lowest BCUT2D eigenvalue weighted by Gasteiger charge is -2.21. The van der Waals surface area contributed by atoms with E-state index >= 15 is 0 Å². The number of carbonyl (C=O) groups is 2. The monoisotopic (exact) mass is 1040 g/mol. The smallest absolute Gasteiger partial charge is 0.462 e. The van der Waals surface area contributed by atoms with Crippen molar-refractivity contribution in [1.29, 1.82) is 0 Å². The lowest BCUT2D eigenvalue weighted by Crippen LogP contribution is -2.36. The molecule has 0 saturated carbocycles. The number of esters is 2. The zero-order valence-electron chi connectivity index (χ0n) is 41.4. The number of aromatic nitrogens is 2. The van der Waals surface area contributed by atoms with E-state index in [-0.39, 0.29) is 25.1 Å². The molecule has 2 heterocycles. The quantitative estimate of drug-likeness (QED) is 0.0118. The molecule has 71 heavy (non-hydrogen) atoms. The van der Waals surface area contributed by atoms with Crippen LogP contribution >= 0.6 is 15.6 Å². The van der Waals surface area contributed by atoms with Gasteiger partial charge in [-0.1, -0.05) is 137 Å². The van der Waals surface area contributed by atoms with Crippen molar-refractivity contribution in [2.24, 2.45) is 0 Å². The van der Waals surface area contributed by atoms with Crippen LogP contribution in [0.2, 0.25) is 0 Å². The van der Waals surface area contributed by atoms with E-state index < -0.39 is 89.8 Å². The summed E-state index contributed by atoms with van der Waals surface area (Å²) in [6, 6.07) is 1.23. The van der Waals surface area contributed by atoms with Gasteiger partial charge in [0.15, 0.2) is 12.3 Å². The molecule has 0 spiro atoms. The molecule has 1 aliphatic rings. The molecular weight excluding hydrogens is 961 g/mol. The van der Waals surface area contributed by atoms with Crippen LogP contribution in [0.5, 0.6) is 0 Å². The van der Waals surface area contributed by atoms with Crippen molar-refractivity contribution in [3.63, 3.8) is 0 Å². The lowest BCUT2D eigenvalue weighted by atomic mass is 10.1. The van der Waals surface area contributed by atoms with Crippen LogP contribution in [0.1, 0.15) is 142 Å². The number of allylic oxidation sites excluding steroid dienone is 13. The standard InChI is InChI=1S/C50H79N3O16P2/c1-3-5-7-9-11-13-15-17-18-19-21-22-24-26-28-30-32-41(54)34-35-45(55)64-38-42(67-46(56)33-31-29-27-25-23-20-16-14-12-10-8-6-4-2)39-65-70(60,61)69-71(62,63)66-40-43-47(57)48(58)49(68-43)53-37-36-44(51)52-50(53)59/h5,7,11,13-14,16-18,21-22,26,28,30,32,36-37,41-43,47-49,54,57-58H,3-4,6,8-10,12,15,19-20,23-25,27,29,31,33-35,38-40H2,1-2H3,(H,60,61)(H,62,63)(H2,51,52,59)/b7-5-,13-11-,16-14-,18-17-,22-21-,28-26-,32-30-/t41?,42-,43-,47-,48-,49-/m1/s1. The van der Waals surface area contributed by atoms with E-state index in [9.17, 15) is 48.6 Å². The van der Waals surface area contributed by atoms with Gasteiger partial charge in [-0.05, 0) is 76.7 Å². The Hall–Kier alpha value is -4.10. The molecule has 19 nitrogen and oxygen atoms in total. The number of nitrogens with two attached hydrogens (primary N) is 1. The fourth-order valence-corrected chi connectivity index (χ4v) is 8.82. The molecule has 0 aromatic carbocycles. The van der Waals surface area contributed by atoms with E-state index in [0.29, 0.717) is 12.8 Å². The Morgan fingerprint density at radius 2 is 1.35 bits per heavy atom. The summed E-state index contributed by atoms with van der Waals surface area (Å²) in [6.45, 7) is 1.76. The minimum absolute atomic E-state index is 0.00143. The number of aliphatic hydroxyl groups excluding tert-OH is 3. The largest absolute Gasteiger partial charge is 0.481 e. The van der Waals surface area contributed by atoms with E-state index in [4.69, 9.17) is 29.0 Å². The van der Waals surface area contributed by atoms with E-state index in [1.54, 1.807) is 12.2 Å². The van der Waals surface area contributed by atoms with Crippen molar-refractivity contribution < 1.29 is 71.4 Å². The molecule has 2 rings (SSSR count). The summed E-state index contributed by atoms with van der Waals surface area (Å²) in [5.74, 6) is -1.61. The third-order valence-corrected chi connectivity index (χ3v) is 13.2. The van der Waals surface area contributed by atoms with Gasteiger partial charge in [-0.2, -0.15) is 9.29 Å². The maximum atomic E-state index is 12.8. The molecule has 0 radical (unpaired) electrons. The Balaban J connectivity index is 1.87. The van der Waals surface area contributed by atoms with Gasteiger partial charge in [-0.15, -0.1) is 0 Å². The minimum Gasteiger partial charge on any atom is -0.462 e. The van der Waals surface area contributed by atoms with E-state index in [0.717, 1.165) is 75.0 Å². The van der Waals surface area contributed by atoms with E-state index in [2.05, 4.69) is 77.8 Å².